The fourth-order valence-electron chi connectivity index (χ4n) is 3.10. The van der Waals surface area contributed by atoms with E-state index in [9.17, 15) is 0 Å². The van der Waals surface area contributed by atoms with Crippen molar-refractivity contribution >= 4 is 0 Å². The van der Waals surface area contributed by atoms with Gasteiger partial charge in [0.05, 0.1) is 12.7 Å². The lowest BCUT2D eigenvalue weighted by atomic mass is 9.81. The summed E-state index contributed by atoms with van der Waals surface area (Å²) in [5.41, 5.74) is 0.235. The van der Waals surface area contributed by atoms with Crippen molar-refractivity contribution in [1.29, 1.82) is 0 Å². The van der Waals surface area contributed by atoms with Crippen LogP contribution in [-0.4, -0.2) is 25.8 Å². The highest BCUT2D eigenvalue weighted by atomic mass is 16.5. The van der Waals surface area contributed by atoms with E-state index in [-0.39, 0.29) is 5.41 Å². The Hall–Kier alpha value is -0.0800. The molecular weight excluding hydrogens is 234 g/mol. The van der Waals surface area contributed by atoms with Gasteiger partial charge < -0.3 is 10.1 Å². The van der Waals surface area contributed by atoms with E-state index in [0.717, 1.165) is 37.5 Å². The molecule has 1 rings (SSSR count). The van der Waals surface area contributed by atoms with Crippen molar-refractivity contribution in [3.63, 3.8) is 0 Å². The minimum Gasteiger partial charge on any atom is -0.378 e. The van der Waals surface area contributed by atoms with Crippen molar-refractivity contribution in [2.24, 2.45) is 23.2 Å². The summed E-state index contributed by atoms with van der Waals surface area (Å²) >= 11 is 0. The maximum atomic E-state index is 6.21. The van der Waals surface area contributed by atoms with Gasteiger partial charge in [-0.1, -0.05) is 41.5 Å². The molecular formula is C17H35NO. The molecule has 0 aromatic rings. The summed E-state index contributed by atoms with van der Waals surface area (Å²) in [4.78, 5) is 0. The lowest BCUT2D eigenvalue weighted by molar-refractivity contribution is -0.0340. The van der Waals surface area contributed by atoms with Crippen molar-refractivity contribution in [2.75, 3.05) is 19.7 Å². The maximum Gasteiger partial charge on any atom is 0.0580 e. The molecule has 0 radical (unpaired) electrons. The zero-order chi connectivity index (χ0) is 14.5. The number of rotatable bonds is 7. The topological polar surface area (TPSA) is 21.3 Å². The normalized spacial score (nSPS) is 28.9. The van der Waals surface area contributed by atoms with Crippen LogP contribution in [0.5, 0.6) is 0 Å². The molecule has 2 unspecified atom stereocenters. The summed E-state index contributed by atoms with van der Waals surface area (Å²) in [5, 5.41) is 3.55. The molecule has 2 atom stereocenters. The molecule has 0 aliphatic heterocycles. The van der Waals surface area contributed by atoms with Crippen molar-refractivity contribution in [3.8, 4) is 0 Å². The monoisotopic (exact) mass is 269 g/mol. The Kier molecular flexibility index (Phi) is 6.82. The van der Waals surface area contributed by atoms with E-state index >= 15 is 0 Å². The molecule has 0 spiro atoms. The molecule has 0 heterocycles. The van der Waals surface area contributed by atoms with E-state index in [1.54, 1.807) is 0 Å². The predicted molar refractivity (Wildman–Crippen MR) is 83.4 cm³/mol. The maximum absolute atomic E-state index is 6.21. The second kappa shape index (κ2) is 7.64. The third-order valence-corrected chi connectivity index (χ3v) is 4.00. The number of nitrogens with one attached hydrogen (secondary N) is 1. The van der Waals surface area contributed by atoms with Crippen LogP contribution in [0.15, 0.2) is 0 Å². The Balaban J connectivity index is 2.25. The summed E-state index contributed by atoms with van der Waals surface area (Å²) in [6.45, 7) is 16.9. The Morgan fingerprint density at radius 3 is 2.21 bits per heavy atom. The van der Waals surface area contributed by atoms with E-state index in [0.29, 0.717) is 6.10 Å². The van der Waals surface area contributed by atoms with Crippen LogP contribution in [0, 0.1) is 23.2 Å². The van der Waals surface area contributed by atoms with Crippen molar-refractivity contribution in [1.82, 2.24) is 5.32 Å². The standard InChI is InChI=1S/C17H35NO/c1-13(2)10-18-11-17(5,6)12-19-16-8-14(3)7-15(4)9-16/h13-16,18H,7-12H2,1-6H3. The van der Waals surface area contributed by atoms with E-state index in [1.807, 2.05) is 0 Å². The first-order valence-corrected chi connectivity index (χ1v) is 8.11. The Bertz CT molecular complexity index is 240. The smallest absolute Gasteiger partial charge is 0.0580 e. The van der Waals surface area contributed by atoms with Crippen LogP contribution in [0.2, 0.25) is 0 Å². The molecule has 1 saturated carbocycles. The van der Waals surface area contributed by atoms with Gasteiger partial charge in [-0.25, -0.2) is 0 Å². The minimum atomic E-state index is 0.235. The largest absolute Gasteiger partial charge is 0.378 e. The number of ether oxygens (including phenoxy) is 1. The summed E-state index contributed by atoms with van der Waals surface area (Å²) in [7, 11) is 0. The van der Waals surface area contributed by atoms with Crippen LogP contribution in [0.25, 0.3) is 0 Å². The van der Waals surface area contributed by atoms with Crippen LogP contribution in [0.1, 0.15) is 60.8 Å². The summed E-state index contributed by atoms with van der Waals surface area (Å²) in [6.07, 6.45) is 4.36. The van der Waals surface area contributed by atoms with Crippen LogP contribution in [-0.2, 0) is 4.74 Å². The minimum absolute atomic E-state index is 0.235. The van der Waals surface area contributed by atoms with E-state index < -0.39 is 0 Å². The van der Waals surface area contributed by atoms with Gasteiger partial charge in [0.25, 0.3) is 0 Å². The summed E-state index contributed by atoms with van der Waals surface area (Å²) in [6, 6.07) is 0. The first kappa shape index (κ1) is 17.0. The highest BCUT2D eigenvalue weighted by molar-refractivity contribution is 4.77. The lowest BCUT2D eigenvalue weighted by Crippen LogP contribution is -2.37. The van der Waals surface area contributed by atoms with Gasteiger partial charge in [0.1, 0.15) is 0 Å². The van der Waals surface area contributed by atoms with Gasteiger partial charge >= 0.3 is 0 Å². The summed E-state index contributed by atoms with van der Waals surface area (Å²) < 4.78 is 6.21. The molecule has 114 valence electrons. The number of hydrogen-bond acceptors (Lipinski definition) is 2. The highest BCUT2D eigenvalue weighted by Crippen LogP contribution is 2.31. The van der Waals surface area contributed by atoms with Gasteiger partial charge in [0.2, 0.25) is 0 Å². The first-order valence-electron chi connectivity index (χ1n) is 8.11. The molecule has 0 saturated heterocycles. The fourth-order valence-corrected chi connectivity index (χ4v) is 3.10. The molecule has 0 amide bonds. The molecule has 1 fully saturated rings. The van der Waals surface area contributed by atoms with Crippen LogP contribution < -0.4 is 5.32 Å². The van der Waals surface area contributed by atoms with E-state index in [1.165, 1.54) is 19.3 Å². The lowest BCUT2D eigenvalue weighted by Gasteiger charge is -2.34. The van der Waals surface area contributed by atoms with Gasteiger partial charge in [0.15, 0.2) is 0 Å². The quantitative estimate of drug-likeness (QED) is 0.751. The Morgan fingerprint density at radius 2 is 1.68 bits per heavy atom. The molecule has 0 bridgehead atoms. The molecule has 0 aromatic heterocycles. The molecule has 1 aliphatic carbocycles. The number of hydrogen-bond donors (Lipinski definition) is 1. The average molecular weight is 269 g/mol. The molecule has 19 heavy (non-hydrogen) atoms. The van der Waals surface area contributed by atoms with Gasteiger partial charge in [-0.3, -0.25) is 0 Å². The average Bonchev–Trinajstić information content (AvgIpc) is 2.24. The third-order valence-electron chi connectivity index (χ3n) is 4.00. The van der Waals surface area contributed by atoms with Gasteiger partial charge in [0, 0.05) is 12.0 Å². The molecule has 2 nitrogen and oxygen atoms in total. The highest BCUT2D eigenvalue weighted by Gasteiger charge is 2.27. The third kappa shape index (κ3) is 7.31. The fraction of sp³-hybridized carbons (Fsp3) is 1.00. The van der Waals surface area contributed by atoms with E-state index in [2.05, 4.69) is 46.9 Å². The van der Waals surface area contributed by atoms with Crippen molar-refractivity contribution in [2.45, 2.75) is 66.9 Å². The molecule has 2 heteroatoms. The van der Waals surface area contributed by atoms with E-state index in [4.69, 9.17) is 4.74 Å². The van der Waals surface area contributed by atoms with Gasteiger partial charge in [-0.05, 0) is 43.6 Å². The zero-order valence-corrected chi connectivity index (χ0v) is 14.0. The zero-order valence-electron chi connectivity index (χ0n) is 14.0. The van der Waals surface area contributed by atoms with Gasteiger partial charge in [-0.15, -0.1) is 0 Å². The molecule has 1 aliphatic rings. The molecule has 0 aromatic carbocycles. The Labute approximate surface area is 120 Å². The Morgan fingerprint density at radius 1 is 1.11 bits per heavy atom. The van der Waals surface area contributed by atoms with Crippen molar-refractivity contribution < 1.29 is 4.74 Å². The van der Waals surface area contributed by atoms with Crippen LogP contribution in [0.4, 0.5) is 0 Å². The predicted octanol–water partition coefficient (Wildman–Crippen LogP) is 4.10. The second-order valence-electron chi connectivity index (χ2n) is 8.04. The summed E-state index contributed by atoms with van der Waals surface area (Å²) in [5.74, 6) is 2.38. The molecule has 1 N–H and O–H groups in total. The van der Waals surface area contributed by atoms with Crippen molar-refractivity contribution in [3.05, 3.63) is 0 Å². The van der Waals surface area contributed by atoms with Crippen LogP contribution >= 0.6 is 0 Å². The first-order chi connectivity index (χ1) is 8.78. The second-order valence-corrected chi connectivity index (χ2v) is 8.04. The van der Waals surface area contributed by atoms with Gasteiger partial charge in [-0.2, -0.15) is 0 Å². The SMILES string of the molecule is CC(C)CNCC(C)(C)COC1CC(C)CC(C)C1. The van der Waals surface area contributed by atoms with Crippen LogP contribution in [0.3, 0.4) is 0 Å².